The summed E-state index contributed by atoms with van der Waals surface area (Å²) in [4.78, 5) is 15.7. The van der Waals surface area contributed by atoms with Crippen molar-refractivity contribution in [2.75, 3.05) is 0 Å². The maximum absolute atomic E-state index is 11.1. The monoisotopic (exact) mass is 286 g/mol. The molecule has 0 atom stereocenters. The second-order valence-electron chi connectivity index (χ2n) is 6.04. The molecule has 0 spiro atoms. The number of hydrogen-bond acceptors (Lipinski definition) is 2. The number of aromatic nitrogens is 2. The molecule has 112 valence electrons. The number of hydrogen-bond donors (Lipinski definition) is 1. The third-order valence-electron chi connectivity index (χ3n) is 4.55. The molecule has 0 amide bonds. The number of rotatable bonds is 2. The minimum Gasteiger partial charge on any atom is -0.478 e. The number of nitrogens with zero attached hydrogens (tertiary/aromatic N) is 2. The highest BCUT2D eigenvalue weighted by Crippen LogP contribution is 2.31. The summed E-state index contributed by atoms with van der Waals surface area (Å²) in [5.74, 6) is 0.105. The van der Waals surface area contributed by atoms with E-state index in [9.17, 15) is 4.79 Å². The van der Waals surface area contributed by atoms with Crippen LogP contribution in [0.25, 0.3) is 11.0 Å². The second kappa shape index (κ2) is 5.88. The average Bonchev–Trinajstić information content (AvgIpc) is 2.74. The Labute approximate surface area is 124 Å². The molecule has 1 aromatic heterocycles. The first-order chi connectivity index (χ1) is 10.2. The third-order valence-corrected chi connectivity index (χ3v) is 4.55. The summed E-state index contributed by atoms with van der Waals surface area (Å²) >= 11 is 0. The Hall–Kier alpha value is -1.84. The van der Waals surface area contributed by atoms with Crippen LogP contribution in [0.4, 0.5) is 0 Å². The SMILES string of the molecule is Cc1nc2cc(C(=O)O)ccc2n1C1CCCCCCC1. The minimum atomic E-state index is -0.893. The molecular weight excluding hydrogens is 264 g/mol. The molecule has 0 bridgehead atoms. The Morgan fingerprint density at radius 2 is 1.86 bits per heavy atom. The number of carboxylic acids is 1. The lowest BCUT2D eigenvalue weighted by Gasteiger charge is -2.23. The smallest absolute Gasteiger partial charge is 0.335 e. The zero-order valence-electron chi connectivity index (χ0n) is 12.5. The Balaban J connectivity index is 2.00. The molecule has 1 N–H and O–H groups in total. The number of carboxylic acid groups (broad SMARTS) is 1. The molecule has 21 heavy (non-hydrogen) atoms. The summed E-state index contributed by atoms with van der Waals surface area (Å²) in [6.45, 7) is 2.03. The molecule has 4 heteroatoms. The quantitative estimate of drug-likeness (QED) is 0.894. The number of fused-ring (bicyclic) bond motifs is 1. The summed E-state index contributed by atoms with van der Waals surface area (Å²) in [5.41, 5.74) is 2.18. The van der Waals surface area contributed by atoms with Crippen molar-refractivity contribution >= 4 is 17.0 Å². The molecule has 1 heterocycles. The van der Waals surface area contributed by atoms with E-state index in [1.807, 2.05) is 13.0 Å². The van der Waals surface area contributed by atoms with Gasteiger partial charge < -0.3 is 9.67 Å². The summed E-state index contributed by atoms with van der Waals surface area (Å²) in [7, 11) is 0. The maximum atomic E-state index is 11.1. The molecule has 3 rings (SSSR count). The van der Waals surface area contributed by atoms with E-state index in [0.717, 1.165) is 16.9 Å². The van der Waals surface area contributed by atoms with Crippen LogP contribution in [-0.2, 0) is 0 Å². The van der Waals surface area contributed by atoms with E-state index in [1.54, 1.807) is 12.1 Å². The maximum Gasteiger partial charge on any atom is 0.335 e. The van der Waals surface area contributed by atoms with Gasteiger partial charge in [-0.3, -0.25) is 0 Å². The van der Waals surface area contributed by atoms with Crippen molar-refractivity contribution in [3.05, 3.63) is 29.6 Å². The van der Waals surface area contributed by atoms with E-state index in [0.29, 0.717) is 11.6 Å². The first-order valence-corrected chi connectivity index (χ1v) is 7.88. The molecule has 2 aromatic rings. The van der Waals surface area contributed by atoms with Crippen molar-refractivity contribution in [1.82, 2.24) is 9.55 Å². The second-order valence-corrected chi connectivity index (χ2v) is 6.04. The Morgan fingerprint density at radius 1 is 1.19 bits per heavy atom. The van der Waals surface area contributed by atoms with Gasteiger partial charge in [-0.05, 0) is 38.0 Å². The molecule has 0 radical (unpaired) electrons. The molecule has 0 aliphatic heterocycles. The summed E-state index contributed by atoms with van der Waals surface area (Å²) < 4.78 is 2.33. The molecule has 1 aliphatic carbocycles. The van der Waals surface area contributed by atoms with E-state index in [2.05, 4.69) is 9.55 Å². The van der Waals surface area contributed by atoms with Gasteiger partial charge in [0.1, 0.15) is 5.82 Å². The Bertz CT molecular complexity index is 652. The lowest BCUT2D eigenvalue weighted by Crippen LogP contribution is -2.12. The van der Waals surface area contributed by atoms with Crippen LogP contribution in [0, 0.1) is 6.92 Å². The van der Waals surface area contributed by atoms with Crippen molar-refractivity contribution in [3.63, 3.8) is 0 Å². The number of carbonyl (C=O) groups is 1. The van der Waals surface area contributed by atoms with Gasteiger partial charge in [0.15, 0.2) is 0 Å². The van der Waals surface area contributed by atoms with Gasteiger partial charge in [-0.15, -0.1) is 0 Å². The number of imidazole rings is 1. The number of benzene rings is 1. The highest BCUT2D eigenvalue weighted by molar-refractivity contribution is 5.92. The Kier molecular flexibility index (Phi) is 3.95. The fraction of sp³-hybridized carbons (Fsp3) is 0.529. The number of aromatic carboxylic acids is 1. The zero-order valence-corrected chi connectivity index (χ0v) is 12.5. The fourth-order valence-electron chi connectivity index (χ4n) is 3.51. The lowest BCUT2D eigenvalue weighted by atomic mass is 9.96. The predicted molar refractivity (Wildman–Crippen MR) is 82.8 cm³/mol. The molecular formula is C17H22N2O2. The molecule has 1 fully saturated rings. The topological polar surface area (TPSA) is 55.1 Å². The molecule has 4 nitrogen and oxygen atoms in total. The summed E-state index contributed by atoms with van der Waals surface area (Å²) in [6, 6.07) is 5.79. The van der Waals surface area contributed by atoms with E-state index in [-0.39, 0.29) is 0 Å². The molecule has 0 saturated heterocycles. The van der Waals surface area contributed by atoms with Crippen LogP contribution in [0.3, 0.4) is 0 Å². The van der Waals surface area contributed by atoms with Gasteiger partial charge in [0.2, 0.25) is 0 Å². The minimum absolute atomic E-state index is 0.310. The van der Waals surface area contributed by atoms with Gasteiger partial charge in [0.05, 0.1) is 16.6 Å². The zero-order chi connectivity index (χ0) is 14.8. The van der Waals surface area contributed by atoms with Crippen molar-refractivity contribution in [2.45, 2.75) is 57.9 Å². The highest BCUT2D eigenvalue weighted by Gasteiger charge is 2.19. The fourth-order valence-corrected chi connectivity index (χ4v) is 3.51. The van der Waals surface area contributed by atoms with Crippen LogP contribution in [0.15, 0.2) is 18.2 Å². The summed E-state index contributed by atoms with van der Waals surface area (Å²) in [6.07, 6.45) is 8.96. The van der Waals surface area contributed by atoms with Crippen LogP contribution >= 0.6 is 0 Å². The van der Waals surface area contributed by atoms with Crippen LogP contribution in [0.1, 0.15) is 67.2 Å². The van der Waals surface area contributed by atoms with E-state index in [4.69, 9.17) is 5.11 Å². The van der Waals surface area contributed by atoms with E-state index >= 15 is 0 Å². The van der Waals surface area contributed by atoms with Gasteiger partial charge in [-0.1, -0.05) is 32.1 Å². The van der Waals surface area contributed by atoms with Crippen molar-refractivity contribution < 1.29 is 9.90 Å². The lowest BCUT2D eigenvalue weighted by molar-refractivity contribution is 0.0697. The largest absolute Gasteiger partial charge is 0.478 e. The third kappa shape index (κ3) is 2.80. The highest BCUT2D eigenvalue weighted by atomic mass is 16.4. The van der Waals surface area contributed by atoms with Gasteiger partial charge in [0, 0.05) is 6.04 Å². The van der Waals surface area contributed by atoms with Crippen LogP contribution in [0.2, 0.25) is 0 Å². The average molecular weight is 286 g/mol. The van der Waals surface area contributed by atoms with Gasteiger partial charge >= 0.3 is 5.97 Å². The van der Waals surface area contributed by atoms with E-state index in [1.165, 1.54) is 44.9 Å². The number of aryl methyl sites for hydroxylation is 1. The first-order valence-electron chi connectivity index (χ1n) is 7.88. The van der Waals surface area contributed by atoms with Crippen LogP contribution in [-0.4, -0.2) is 20.6 Å². The standard InChI is InChI=1S/C17H22N2O2/c1-12-18-15-11-13(17(20)21)9-10-16(15)19(12)14-7-5-3-2-4-6-8-14/h9-11,14H,2-8H2,1H3,(H,20,21). The van der Waals surface area contributed by atoms with Gasteiger partial charge in [0.25, 0.3) is 0 Å². The van der Waals surface area contributed by atoms with Gasteiger partial charge in [-0.25, -0.2) is 9.78 Å². The summed E-state index contributed by atoms with van der Waals surface area (Å²) in [5, 5.41) is 9.10. The van der Waals surface area contributed by atoms with E-state index < -0.39 is 5.97 Å². The molecule has 1 saturated carbocycles. The van der Waals surface area contributed by atoms with Crippen LogP contribution in [0.5, 0.6) is 0 Å². The van der Waals surface area contributed by atoms with Crippen molar-refractivity contribution in [1.29, 1.82) is 0 Å². The van der Waals surface area contributed by atoms with Gasteiger partial charge in [-0.2, -0.15) is 0 Å². The van der Waals surface area contributed by atoms with Crippen molar-refractivity contribution in [3.8, 4) is 0 Å². The molecule has 0 unspecified atom stereocenters. The predicted octanol–water partition coefficient (Wildman–Crippen LogP) is 4.33. The van der Waals surface area contributed by atoms with Crippen LogP contribution < -0.4 is 0 Å². The first kappa shape index (κ1) is 14.1. The van der Waals surface area contributed by atoms with Crippen molar-refractivity contribution in [2.24, 2.45) is 0 Å². The molecule has 1 aliphatic rings. The normalized spacial score (nSPS) is 17.6. The Morgan fingerprint density at radius 3 is 2.52 bits per heavy atom. The molecule has 1 aromatic carbocycles.